The summed E-state index contributed by atoms with van der Waals surface area (Å²) in [5.41, 5.74) is 0.848. The molecule has 2 atom stereocenters. The summed E-state index contributed by atoms with van der Waals surface area (Å²) in [6.45, 7) is 5.59. The third-order valence-corrected chi connectivity index (χ3v) is 4.60. The smallest absolute Gasteiger partial charge is 0.159 e. The van der Waals surface area contributed by atoms with E-state index in [1.165, 1.54) is 12.1 Å². The fourth-order valence-corrected chi connectivity index (χ4v) is 3.39. The summed E-state index contributed by atoms with van der Waals surface area (Å²) in [5.74, 6) is -1.53. The van der Waals surface area contributed by atoms with Gasteiger partial charge in [-0.1, -0.05) is 6.07 Å². The van der Waals surface area contributed by atoms with Crippen molar-refractivity contribution in [3.05, 3.63) is 35.4 Å². The molecule has 1 aromatic carbocycles. The van der Waals surface area contributed by atoms with E-state index < -0.39 is 11.6 Å². The standard InChI is InChI=1S/C15H21F2N3/c1-18-14(9-11-2-3-12(16)13(17)8-11)15-10-19-4-6-20(15)7-5-19/h2-3,8,14-15,18H,4-7,9-10H2,1H3. The molecular weight excluding hydrogens is 260 g/mol. The van der Waals surface area contributed by atoms with Gasteiger partial charge in [0.25, 0.3) is 0 Å². The van der Waals surface area contributed by atoms with Gasteiger partial charge < -0.3 is 5.32 Å². The molecule has 3 nitrogen and oxygen atoms in total. The molecule has 3 fully saturated rings. The molecule has 4 rings (SSSR count). The Morgan fingerprint density at radius 3 is 2.50 bits per heavy atom. The van der Waals surface area contributed by atoms with E-state index in [-0.39, 0.29) is 6.04 Å². The molecule has 3 aliphatic heterocycles. The fourth-order valence-electron chi connectivity index (χ4n) is 3.39. The van der Waals surface area contributed by atoms with E-state index in [4.69, 9.17) is 0 Å². The SMILES string of the molecule is CNC(Cc1ccc(F)c(F)c1)C1CN2CCN1CC2. The van der Waals surface area contributed by atoms with Crippen molar-refractivity contribution in [1.29, 1.82) is 0 Å². The predicted octanol–water partition coefficient (Wildman–Crippen LogP) is 1.10. The molecule has 1 N–H and O–H groups in total. The number of fused-ring (bicyclic) bond motifs is 3. The molecule has 5 heteroatoms. The highest BCUT2D eigenvalue weighted by molar-refractivity contribution is 5.19. The molecular formula is C15H21F2N3. The highest BCUT2D eigenvalue weighted by Gasteiger charge is 2.36. The third-order valence-electron chi connectivity index (χ3n) is 4.60. The third kappa shape index (κ3) is 2.71. The van der Waals surface area contributed by atoms with E-state index >= 15 is 0 Å². The predicted molar refractivity (Wildman–Crippen MR) is 74.7 cm³/mol. The van der Waals surface area contributed by atoms with Gasteiger partial charge in [0.1, 0.15) is 0 Å². The summed E-state index contributed by atoms with van der Waals surface area (Å²) in [6.07, 6.45) is 0.725. The quantitative estimate of drug-likeness (QED) is 0.891. The first kappa shape index (κ1) is 13.9. The minimum Gasteiger partial charge on any atom is -0.315 e. The number of likely N-dealkylation sites (N-methyl/N-ethyl adjacent to an activating group) is 1. The van der Waals surface area contributed by atoms with Gasteiger partial charge in [-0.2, -0.15) is 0 Å². The minimum atomic E-state index is -0.777. The number of halogens is 2. The van der Waals surface area contributed by atoms with Gasteiger partial charge in [0.2, 0.25) is 0 Å². The Morgan fingerprint density at radius 1 is 1.20 bits per heavy atom. The van der Waals surface area contributed by atoms with Gasteiger partial charge in [-0.15, -0.1) is 0 Å². The molecule has 3 saturated heterocycles. The lowest BCUT2D eigenvalue weighted by atomic mass is 9.94. The zero-order valence-corrected chi connectivity index (χ0v) is 11.8. The Labute approximate surface area is 118 Å². The van der Waals surface area contributed by atoms with Gasteiger partial charge >= 0.3 is 0 Å². The van der Waals surface area contributed by atoms with Crippen LogP contribution in [0.15, 0.2) is 18.2 Å². The van der Waals surface area contributed by atoms with Crippen LogP contribution in [0, 0.1) is 11.6 Å². The number of piperazine rings is 3. The van der Waals surface area contributed by atoms with Gasteiger partial charge in [-0.3, -0.25) is 9.80 Å². The maximum Gasteiger partial charge on any atom is 0.159 e. The van der Waals surface area contributed by atoms with Crippen LogP contribution in [0.2, 0.25) is 0 Å². The highest BCUT2D eigenvalue weighted by Crippen LogP contribution is 2.21. The monoisotopic (exact) mass is 281 g/mol. The summed E-state index contributed by atoms with van der Waals surface area (Å²) >= 11 is 0. The molecule has 3 aliphatic rings. The van der Waals surface area contributed by atoms with E-state index in [0.29, 0.717) is 6.04 Å². The van der Waals surface area contributed by atoms with Gasteiger partial charge in [0.05, 0.1) is 0 Å². The lowest BCUT2D eigenvalue weighted by Crippen LogP contribution is -2.66. The molecule has 3 heterocycles. The Balaban J connectivity index is 1.72. The first-order chi connectivity index (χ1) is 9.67. The maximum atomic E-state index is 13.3. The van der Waals surface area contributed by atoms with Gasteiger partial charge in [-0.25, -0.2) is 8.78 Å². The minimum absolute atomic E-state index is 0.267. The van der Waals surface area contributed by atoms with Crippen molar-refractivity contribution in [1.82, 2.24) is 15.1 Å². The largest absolute Gasteiger partial charge is 0.315 e. The van der Waals surface area contributed by atoms with Crippen LogP contribution in [0.3, 0.4) is 0 Å². The summed E-state index contributed by atoms with van der Waals surface area (Å²) in [5, 5.41) is 3.35. The molecule has 0 amide bonds. The van der Waals surface area contributed by atoms with Crippen molar-refractivity contribution < 1.29 is 8.78 Å². The Hall–Kier alpha value is -1.04. The normalized spacial score (nSPS) is 30.4. The Kier molecular flexibility index (Phi) is 4.01. The van der Waals surface area contributed by atoms with Crippen molar-refractivity contribution in [2.45, 2.75) is 18.5 Å². The Morgan fingerprint density at radius 2 is 1.95 bits per heavy atom. The lowest BCUT2D eigenvalue weighted by molar-refractivity contribution is -0.00203. The van der Waals surface area contributed by atoms with Crippen LogP contribution in [0.5, 0.6) is 0 Å². The summed E-state index contributed by atoms with van der Waals surface area (Å²) < 4.78 is 26.3. The van der Waals surface area contributed by atoms with Crippen molar-refractivity contribution in [3.8, 4) is 0 Å². The van der Waals surface area contributed by atoms with Crippen LogP contribution in [0.4, 0.5) is 8.78 Å². The molecule has 2 unspecified atom stereocenters. The molecule has 1 aromatic rings. The second kappa shape index (κ2) is 5.76. The maximum absolute atomic E-state index is 13.3. The molecule has 0 radical (unpaired) electrons. The fraction of sp³-hybridized carbons (Fsp3) is 0.600. The molecule has 0 saturated carbocycles. The number of benzene rings is 1. The van der Waals surface area contributed by atoms with Crippen LogP contribution in [-0.4, -0.2) is 61.7 Å². The highest BCUT2D eigenvalue weighted by atomic mass is 19.2. The number of nitrogens with zero attached hydrogens (tertiary/aromatic N) is 2. The summed E-state index contributed by atoms with van der Waals surface area (Å²) in [7, 11) is 1.95. The van der Waals surface area contributed by atoms with Crippen LogP contribution in [-0.2, 0) is 6.42 Å². The number of rotatable bonds is 4. The van der Waals surface area contributed by atoms with E-state index in [9.17, 15) is 8.78 Å². The number of hydrogen-bond donors (Lipinski definition) is 1. The second-order valence-electron chi connectivity index (χ2n) is 5.75. The van der Waals surface area contributed by atoms with Crippen molar-refractivity contribution >= 4 is 0 Å². The van der Waals surface area contributed by atoms with Crippen LogP contribution < -0.4 is 5.32 Å². The van der Waals surface area contributed by atoms with Crippen LogP contribution >= 0.6 is 0 Å². The Bertz CT molecular complexity index is 472. The van der Waals surface area contributed by atoms with Crippen LogP contribution in [0.1, 0.15) is 5.56 Å². The summed E-state index contributed by atoms with van der Waals surface area (Å²) in [6, 6.07) is 4.93. The van der Waals surface area contributed by atoms with Gasteiger partial charge in [-0.05, 0) is 31.2 Å². The van der Waals surface area contributed by atoms with E-state index in [2.05, 4.69) is 15.1 Å². The first-order valence-corrected chi connectivity index (χ1v) is 7.25. The first-order valence-electron chi connectivity index (χ1n) is 7.25. The molecule has 0 spiro atoms. The van der Waals surface area contributed by atoms with E-state index in [0.717, 1.165) is 44.7 Å². The van der Waals surface area contributed by atoms with Gasteiger partial charge in [0, 0.05) is 44.8 Å². The molecule has 0 aromatic heterocycles. The van der Waals surface area contributed by atoms with E-state index in [1.54, 1.807) is 6.07 Å². The average Bonchev–Trinajstić information content (AvgIpc) is 2.49. The lowest BCUT2D eigenvalue weighted by Gasteiger charge is -2.50. The zero-order chi connectivity index (χ0) is 14.1. The zero-order valence-electron chi connectivity index (χ0n) is 11.8. The van der Waals surface area contributed by atoms with Crippen molar-refractivity contribution in [3.63, 3.8) is 0 Å². The molecule has 2 bridgehead atoms. The topological polar surface area (TPSA) is 18.5 Å². The number of nitrogens with one attached hydrogen (secondary N) is 1. The second-order valence-corrected chi connectivity index (χ2v) is 5.75. The average molecular weight is 281 g/mol. The number of hydrogen-bond acceptors (Lipinski definition) is 3. The van der Waals surface area contributed by atoms with Gasteiger partial charge in [0.15, 0.2) is 11.6 Å². The summed E-state index contributed by atoms with van der Waals surface area (Å²) in [4.78, 5) is 5.00. The van der Waals surface area contributed by atoms with Crippen LogP contribution in [0.25, 0.3) is 0 Å². The molecule has 110 valence electrons. The molecule has 20 heavy (non-hydrogen) atoms. The van der Waals surface area contributed by atoms with Crippen molar-refractivity contribution in [2.75, 3.05) is 39.8 Å². The molecule has 0 aliphatic carbocycles. The van der Waals surface area contributed by atoms with Crippen molar-refractivity contribution in [2.24, 2.45) is 0 Å². The van der Waals surface area contributed by atoms with E-state index in [1.807, 2.05) is 7.05 Å².